The van der Waals surface area contributed by atoms with Gasteiger partial charge >= 0.3 is 0 Å². The van der Waals surface area contributed by atoms with Crippen LogP contribution in [0.3, 0.4) is 0 Å². The number of carbonyl (C=O) groups is 1. The zero-order chi connectivity index (χ0) is 17.2. The van der Waals surface area contributed by atoms with E-state index in [-0.39, 0.29) is 24.0 Å². The van der Waals surface area contributed by atoms with E-state index in [1.54, 1.807) is 12.3 Å². The summed E-state index contributed by atoms with van der Waals surface area (Å²) in [6.07, 6.45) is 5.28. The number of anilines is 1. The molecule has 0 radical (unpaired) electrons. The highest BCUT2D eigenvalue weighted by Crippen LogP contribution is 2.34. The van der Waals surface area contributed by atoms with Gasteiger partial charge in [-0.2, -0.15) is 0 Å². The summed E-state index contributed by atoms with van der Waals surface area (Å²) < 4.78 is 0. The zero-order valence-corrected chi connectivity index (χ0v) is 13.9. The lowest BCUT2D eigenvalue weighted by molar-refractivity contribution is 0.0648. The minimum atomic E-state index is -0.131. The molecule has 25 heavy (non-hydrogen) atoms. The average molecular weight is 335 g/mol. The topological polar surface area (TPSA) is 69.3 Å². The molecule has 6 heteroatoms. The van der Waals surface area contributed by atoms with Gasteiger partial charge in [0.15, 0.2) is 0 Å². The van der Waals surface area contributed by atoms with Crippen molar-refractivity contribution in [1.29, 1.82) is 0 Å². The monoisotopic (exact) mass is 335 g/mol. The molecule has 1 fully saturated rings. The lowest BCUT2D eigenvalue weighted by Gasteiger charge is -2.41. The van der Waals surface area contributed by atoms with E-state index >= 15 is 0 Å². The Morgan fingerprint density at radius 1 is 1.28 bits per heavy atom. The maximum absolute atomic E-state index is 13.0. The van der Waals surface area contributed by atoms with Gasteiger partial charge in [0.25, 0.3) is 5.91 Å². The molecule has 3 N–H and O–H groups in total. The van der Waals surface area contributed by atoms with Gasteiger partial charge in [-0.25, -0.2) is 5.43 Å². The number of carbonyl (C=O) groups excluding carboxylic acids is 1. The lowest BCUT2D eigenvalue weighted by atomic mass is 9.90. The largest absolute Gasteiger partial charge is 0.364 e. The van der Waals surface area contributed by atoms with Crippen LogP contribution in [0.4, 0.5) is 5.69 Å². The van der Waals surface area contributed by atoms with Crippen LogP contribution in [0.25, 0.3) is 0 Å². The molecule has 6 nitrogen and oxygen atoms in total. The van der Waals surface area contributed by atoms with E-state index in [2.05, 4.69) is 33.8 Å². The number of fused-ring (bicyclic) bond motifs is 1. The van der Waals surface area contributed by atoms with E-state index in [0.717, 1.165) is 17.8 Å². The van der Waals surface area contributed by atoms with E-state index in [4.69, 9.17) is 0 Å². The second kappa shape index (κ2) is 6.66. The van der Waals surface area contributed by atoms with Crippen LogP contribution >= 0.6 is 0 Å². The Hall–Kier alpha value is -2.70. The molecule has 1 aromatic carbocycles. The smallest absolute Gasteiger partial charge is 0.257 e. The van der Waals surface area contributed by atoms with Crippen LogP contribution in [-0.4, -0.2) is 35.0 Å². The molecule has 128 valence electrons. The Bertz CT molecular complexity index is 778. The van der Waals surface area contributed by atoms with Gasteiger partial charge in [0, 0.05) is 37.1 Å². The number of hydrogen-bond acceptors (Lipinski definition) is 5. The molecule has 0 saturated carbocycles. The van der Waals surface area contributed by atoms with E-state index in [1.807, 2.05) is 41.4 Å². The Balaban J connectivity index is 1.70. The summed E-state index contributed by atoms with van der Waals surface area (Å²) in [5.41, 5.74) is 9.26. The maximum Gasteiger partial charge on any atom is 0.257 e. The molecule has 0 spiro atoms. The average Bonchev–Trinajstić information content (AvgIpc) is 3.14. The predicted octanol–water partition coefficient (Wildman–Crippen LogP) is 1.93. The van der Waals surface area contributed by atoms with Gasteiger partial charge < -0.3 is 10.2 Å². The highest BCUT2D eigenvalue weighted by molar-refractivity contribution is 6.01. The van der Waals surface area contributed by atoms with Gasteiger partial charge in [0.1, 0.15) is 6.17 Å². The van der Waals surface area contributed by atoms with Crippen LogP contribution in [0, 0.1) is 5.92 Å². The van der Waals surface area contributed by atoms with Crippen LogP contribution in [0.2, 0.25) is 0 Å². The number of aromatic nitrogens is 1. The van der Waals surface area contributed by atoms with E-state index in [9.17, 15) is 4.79 Å². The van der Waals surface area contributed by atoms with Crippen molar-refractivity contribution < 1.29 is 4.79 Å². The van der Waals surface area contributed by atoms with Crippen molar-refractivity contribution >= 4 is 11.6 Å². The fourth-order valence-electron chi connectivity index (χ4n) is 3.68. The molecule has 2 aliphatic heterocycles. The first-order valence-corrected chi connectivity index (χ1v) is 8.45. The summed E-state index contributed by atoms with van der Waals surface area (Å²) >= 11 is 0. The zero-order valence-electron chi connectivity index (χ0n) is 13.9. The third-order valence-electron chi connectivity index (χ3n) is 4.86. The number of nitrogens with zero attached hydrogens (tertiary/aromatic N) is 2. The molecule has 3 atom stereocenters. The Morgan fingerprint density at radius 2 is 2.16 bits per heavy atom. The first kappa shape index (κ1) is 15.8. The number of rotatable bonds is 4. The number of amides is 1. The third kappa shape index (κ3) is 2.79. The summed E-state index contributed by atoms with van der Waals surface area (Å²) in [7, 11) is 0. The normalized spacial score (nSPS) is 25.4. The van der Waals surface area contributed by atoms with Crippen LogP contribution in [-0.2, 0) is 0 Å². The summed E-state index contributed by atoms with van der Waals surface area (Å²) in [5.74, 6) is 0.192. The maximum atomic E-state index is 13.0. The minimum absolute atomic E-state index is 0.0380. The van der Waals surface area contributed by atoms with Gasteiger partial charge in [-0.1, -0.05) is 24.3 Å². The summed E-state index contributed by atoms with van der Waals surface area (Å²) in [6, 6.07) is 11.7. The van der Waals surface area contributed by atoms with Crippen LogP contribution in [0.1, 0.15) is 22.0 Å². The van der Waals surface area contributed by atoms with Crippen LogP contribution in [0.5, 0.6) is 0 Å². The fourth-order valence-corrected chi connectivity index (χ4v) is 3.68. The first-order valence-electron chi connectivity index (χ1n) is 8.45. The van der Waals surface area contributed by atoms with Crippen molar-refractivity contribution in [3.05, 3.63) is 72.6 Å². The van der Waals surface area contributed by atoms with Gasteiger partial charge in [-0.15, -0.1) is 6.58 Å². The summed E-state index contributed by atoms with van der Waals surface area (Å²) in [5, 5.41) is 3.56. The van der Waals surface area contributed by atoms with Crippen molar-refractivity contribution in [1.82, 2.24) is 20.7 Å². The molecule has 2 aromatic rings. The number of hydrazine groups is 1. The fraction of sp³-hybridized carbons (Fsp3) is 0.263. The standard InChI is InChI=1S/C19H21N5O/c1-2-10-24-18(22-16-8-4-3-7-14(16)19(24)25)15-12-21-23-17(15)13-6-5-9-20-11-13/h2-9,11,15,17-18,21-23H,1,10,12H2. The highest BCUT2D eigenvalue weighted by atomic mass is 16.2. The van der Waals surface area contributed by atoms with Crippen molar-refractivity contribution in [2.45, 2.75) is 12.2 Å². The van der Waals surface area contributed by atoms with Crippen molar-refractivity contribution in [3.8, 4) is 0 Å². The predicted molar refractivity (Wildman–Crippen MR) is 96.7 cm³/mol. The van der Waals surface area contributed by atoms with Gasteiger partial charge in [-0.3, -0.25) is 15.2 Å². The lowest BCUT2D eigenvalue weighted by Crippen LogP contribution is -2.54. The number of nitrogens with one attached hydrogen (secondary N) is 3. The van der Waals surface area contributed by atoms with Gasteiger partial charge in [0.2, 0.25) is 0 Å². The van der Waals surface area contributed by atoms with Crippen LogP contribution in [0.15, 0.2) is 61.4 Å². The van der Waals surface area contributed by atoms with Crippen molar-refractivity contribution in [3.63, 3.8) is 0 Å². The SMILES string of the molecule is C=CCN1C(=O)c2ccccc2NC1C1CNNC1c1cccnc1. The quantitative estimate of drug-likeness (QED) is 0.745. The van der Waals surface area contributed by atoms with Gasteiger partial charge in [0.05, 0.1) is 11.6 Å². The molecule has 4 rings (SSSR count). The number of hydrogen-bond donors (Lipinski definition) is 3. The molecule has 1 amide bonds. The highest BCUT2D eigenvalue weighted by Gasteiger charge is 2.42. The molecule has 3 heterocycles. The molecular formula is C19H21N5O. The Labute approximate surface area is 146 Å². The molecular weight excluding hydrogens is 314 g/mol. The van der Waals surface area contributed by atoms with Crippen LogP contribution < -0.4 is 16.2 Å². The molecule has 3 unspecified atom stereocenters. The summed E-state index contributed by atoms with van der Waals surface area (Å²) in [4.78, 5) is 19.1. The molecule has 0 bridgehead atoms. The number of benzene rings is 1. The minimum Gasteiger partial charge on any atom is -0.364 e. The third-order valence-corrected chi connectivity index (χ3v) is 4.86. The van der Waals surface area contributed by atoms with E-state index in [0.29, 0.717) is 12.1 Å². The van der Waals surface area contributed by atoms with Crippen molar-refractivity contribution in [2.75, 3.05) is 18.4 Å². The number of pyridine rings is 1. The number of para-hydroxylation sites is 1. The second-order valence-electron chi connectivity index (χ2n) is 6.33. The van der Waals surface area contributed by atoms with E-state index < -0.39 is 0 Å². The molecule has 0 aliphatic carbocycles. The second-order valence-corrected chi connectivity index (χ2v) is 6.33. The Kier molecular flexibility index (Phi) is 4.21. The Morgan fingerprint density at radius 3 is 2.96 bits per heavy atom. The molecule has 1 aromatic heterocycles. The molecule has 2 aliphatic rings. The van der Waals surface area contributed by atoms with Crippen molar-refractivity contribution in [2.24, 2.45) is 5.92 Å². The van der Waals surface area contributed by atoms with E-state index in [1.165, 1.54) is 0 Å². The molecule has 1 saturated heterocycles. The first-order chi connectivity index (χ1) is 12.3. The van der Waals surface area contributed by atoms with Gasteiger partial charge in [-0.05, 0) is 23.8 Å². The summed E-state index contributed by atoms with van der Waals surface area (Å²) in [6.45, 7) is 5.07.